The van der Waals surface area contributed by atoms with Crippen molar-refractivity contribution in [3.05, 3.63) is 441 Å². The minimum Gasteiger partial charge on any atom is -0.398 e. The van der Waals surface area contributed by atoms with Crippen molar-refractivity contribution in [3.8, 4) is 146 Å². The molecule has 0 unspecified atom stereocenters. The fraction of sp³-hybridized carbons (Fsp3) is 0.0508. The molecule has 0 radical (unpaired) electrons. The molecule has 18 aromatic carbocycles. The average molecular weight is 1740 g/mol. The Bertz CT molecular complexity index is 7880. The van der Waals surface area contributed by atoms with Gasteiger partial charge < -0.3 is 9.31 Å². The van der Waals surface area contributed by atoms with Gasteiger partial charge in [-0.05, 0) is 175 Å². The number of aromatic nitrogens is 8. The molecule has 0 atom stereocenters. The van der Waals surface area contributed by atoms with E-state index in [1.165, 1.54) is 60.0 Å². The van der Waals surface area contributed by atoms with Crippen molar-refractivity contribution in [3.63, 3.8) is 0 Å². The van der Waals surface area contributed by atoms with Crippen molar-refractivity contribution in [2.75, 3.05) is 0 Å². The van der Waals surface area contributed by atoms with Gasteiger partial charge in [0, 0.05) is 65.0 Å². The van der Waals surface area contributed by atoms with Gasteiger partial charge in [0.05, 0.1) is 33.5 Å². The predicted octanol–water partition coefficient (Wildman–Crippen LogP) is 29.9. The number of hydrogen-bond donors (Lipinski definition) is 0. The topological polar surface area (TPSA) is 122 Å². The van der Waals surface area contributed by atoms with Crippen LogP contribution in [0.1, 0.15) is 27.7 Å². The van der Waals surface area contributed by atoms with Crippen molar-refractivity contribution in [1.29, 1.82) is 0 Å². The summed E-state index contributed by atoms with van der Waals surface area (Å²) in [5.41, 5.74) is 23.7. The van der Waals surface area contributed by atoms with Crippen LogP contribution in [-0.4, -0.2) is 58.2 Å². The highest BCUT2D eigenvalue weighted by Gasteiger charge is 2.53. The largest absolute Gasteiger partial charge is 0.515 e. The van der Waals surface area contributed by atoms with E-state index in [1.807, 2.05) is 78.9 Å². The molecular weight excluding hydrogens is 1650 g/mol. The van der Waals surface area contributed by atoms with Crippen LogP contribution in [0.4, 0.5) is 0 Å². The zero-order valence-corrected chi connectivity index (χ0v) is 73.5. The Morgan fingerprint density at radius 2 is 0.408 bits per heavy atom. The zero-order valence-electron chi connectivity index (χ0n) is 71.9. The molecule has 0 aliphatic carbocycles. The second-order valence-electron chi connectivity index (χ2n) is 33.7. The molecule has 1 saturated heterocycles. The minimum atomic E-state index is -0.483. The van der Waals surface area contributed by atoms with Gasteiger partial charge in [-0.2, -0.15) is 0 Å². The summed E-state index contributed by atoms with van der Waals surface area (Å²) >= 11 is 3.51. The summed E-state index contributed by atoms with van der Waals surface area (Å²) in [6.45, 7) is 8.30. The molecule has 1 aliphatic rings. The number of halogens is 1. The van der Waals surface area contributed by atoms with Crippen LogP contribution in [0.25, 0.3) is 211 Å². The van der Waals surface area contributed by atoms with Crippen molar-refractivity contribution >= 4 is 93.5 Å². The molecule has 10 nitrogen and oxygen atoms in total. The molecule has 0 saturated carbocycles. The first-order chi connectivity index (χ1) is 63.7. The first kappa shape index (κ1) is 81.4. The van der Waals surface area contributed by atoms with Gasteiger partial charge in [0.15, 0.2) is 34.9 Å². The normalized spacial score (nSPS) is 12.7. The summed E-state index contributed by atoms with van der Waals surface area (Å²) in [6, 6.07) is 152. The zero-order chi connectivity index (χ0) is 87.7. The molecule has 0 amide bonds. The van der Waals surface area contributed by atoms with E-state index in [4.69, 9.17) is 49.2 Å². The van der Waals surface area contributed by atoms with Gasteiger partial charge in [0.25, 0.3) is 0 Å². The lowest BCUT2D eigenvalue weighted by molar-refractivity contribution is 0.00578. The summed E-state index contributed by atoms with van der Waals surface area (Å²) in [5.74, 6) is 3.87. The van der Waals surface area contributed by atoms with Crippen LogP contribution in [0.15, 0.2) is 441 Å². The lowest BCUT2D eigenvalue weighted by Gasteiger charge is -2.32. The maximum absolute atomic E-state index is 6.33. The number of benzene rings is 18. The van der Waals surface area contributed by atoms with Gasteiger partial charge in [-0.15, -0.1) is 0 Å². The molecule has 1 fully saturated rings. The maximum atomic E-state index is 6.33. The molecule has 0 bridgehead atoms. The number of fused-ring (bicyclic) bond motifs is 8. The molecule has 0 spiro atoms. The third-order valence-electron chi connectivity index (χ3n) is 24.9. The summed E-state index contributed by atoms with van der Waals surface area (Å²) in [4.78, 5) is 39.7. The lowest BCUT2D eigenvalue weighted by atomic mass is 9.79. The third kappa shape index (κ3) is 16.9. The van der Waals surface area contributed by atoms with E-state index in [9.17, 15) is 0 Å². The molecule has 618 valence electrons. The molecule has 0 N–H and O–H groups in total. The smallest absolute Gasteiger partial charge is 0.398 e. The van der Waals surface area contributed by atoms with Gasteiger partial charge in [-0.1, -0.05) is 404 Å². The standard InChI is InChI=1S/C56H36N4.C39H26BrN3.C23H22BNO2/c1-3-11-37(12-4-1)38-25-31-45(32-26-38)55-58-54(44-13-5-2-6-14-44)59-56(60-55)46-33-27-42(28-34-46)40-21-19-39(20-22-40)41-23-29-43(30-24-41)53-51-36-48-16-8-7-15-47(48)35-50(51)49-17-9-10-18-52(49)57-53;40-36-25-23-32(24-26-36)30-13-11-29(12-14-30)31-17-21-35(22-18-31)39-42-37(33-9-5-2-6-10-33)41-38(43-39)34-19-15-28(16-20-34)27-7-3-1-4-8-27;1-22(2)23(3,4)27-24(26-22)21-19-14-16-10-6-5-9-15(16)13-18(19)17-11-7-8-12-20(17)25-21/h1-36H;1-26H;5-14H,1-4H3. The van der Waals surface area contributed by atoms with Crippen molar-refractivity contribution < 1.29 is 9.31 Å². The Kier molecular flexibility index (Phi) is 22.1. The molecule has 12 heteroatoms. The Balaban J connectivity index is 0.000000127. The van der Waals surface area contributed by atoms with E-state index < -0.39 is 18.3 Å². The van der Waals surface area contributed by atoms with Gasteiger partial charge in [-0.25, -0.2) is 34.9 Å². The van der Waals surface area contributed by atoms with E-state index in [-0.39, 0.29) is 0 Å². The third-order valence-corrected chi connectivity index (χ3v) is 25.4. The van der Waals surface area contributed by atoms with Crippen LogP contribution < -0.4 is 5.59 Å². The molecule has 23 rings (SSSR count). The Labute approximate surface area is 763 Å². The predicted molar refractivity (Wildman–Crippen MR) is 541 cm³/mol. The fourth-order valence-electron chi connectivity index (χ4n) is 17.0. The van der Waals surface area contributed by atoms with E-state index in [0.717, 1.165) is 126 Å². The summed E-state index contributed by atoms with van der Waals surface area (Å²) in [6.07, 6.45) is 0. The van der Waals surface area contributed by atoms with E-state index in [2.05, 4.69) is 402 Å². The molecule has 5 heterocycles. The summed E-state index contributed by atoms with van der Waals surface area (Å²) in [5, 5.41) is 11.9. The van der Waals surface area contributed by atoms with Gasteiger partial charge in [0.1, 0.15) is 0 Å². The van der Waals surface area contributed by atoms with Gasteiger partial charge in [0.2, 0.25) is 0 Å². The number of rotatable bonds is 14. The molecular formula is C118H84BBrN8O2. The van der Waals surface area contributed by atoms with Crippen LogP contribution in [0, 0.1) is 0 Å². The number of para-hydroxylation sites is 2. The Hall–Kier alpha value is -15.7. The highest BCUT2D eigenvalue weighted by molar-refractivity contribution is 9.10. The fourth-order valence-corrected chi connectivity index (χ4v) is 17.3. The second kappa shape index (κ2) is 35.3. The van der Waals surface area contributed by atoms with Crippen LogP contribution in [0.3, 0.4) is 0 Å². The lowest BCUT2D eigenvalue weighted by Crippen LogP contribution is -2.41. The average Bonchev–Trinajstić information content (AvgIpc) is 1.38. The first-order valence-corrected chi connectivity index (χ1v) is 44.6. The first-order valence-electron chi connectivity index (χ1n) is 43.8. The number of nitrogens with zero attached hydrogens (tertiary/aromatic N) is 8. The van der Waals surface area contributed by atoms with Gasteiger partial charge in [-0.3, -0.25) is 4.98 Å². The van der Waals surface area contributed by atoms with E-state index in [1.54, 1.807) is 0 Å². The monoisotopic (exact) mass is 1730 g/mol. The Morgan fingerprint density at radius 3 is 0.723 bits per heavy atom. The van der Waals surface area contributed by atoms with Crippen LogP contribution in [0.5, 0.6) is 0 Å². The maximum Gasteiger partial charge on any atom is 0.515 e. The number of pyridine rings is 2. The van der Waals surface area contributed by atoms with Crippen LogP contribution in [-0.2, 0) is 9.31 Å². The number of hydrogen-bond acceptors (Lipinski definition) is 10. The molecule has 4 aromatic heterocycles. The highest BCUT2D eigenvalue weighted by atomic mass is 79.9. The SMILES string of the molecule is Brc1ccc(-c2ccc(-c3ccc(-c4nc(-c5ccccc5)nc(-c5ccc(-c6ccccc6)cc5)n4)cc3)cc2)cc1.CC1(C)OB(c2nc3ccccc3c3cc4ccccc4cc23)OC1(C)C.c1ccc(-c2ccc(-c3nc(-c4ccccc4)nc(-c4ccc(-c5ccc(-c6ccc(-c7nc8ccccc8c8cc9ccccc9cc78)cc6)cc5)cc4)n3)cc2)cc1. The highest BCUT2D eigenvalue weighted by Crippen LogP contribution is 2.42. The summed E-state index contributed by atoms with van der Waals surface area (Å²) < 4.78 is 13.7. The molecule has 22 aromatic rings. The van der Waals surface area contributed by atoms with Crippen molar-refractivity contribution in [2.24, 2.45) is 0 Å². The van der Waals surface area contributed by atoms with E-state index in [0.29, 0.717) is 34.9 Å². The Morgan fingerprint density at radius 1 is 0.192 bits per heavy atom. The van der Waals surface area contributed by atoms with Crippen LogP contribution >= 0.6 is 15.9 Å². The van der Waals surface area contributed by atoms with Crippen molar-refractivity contribution in [1.82, 2.24) is 39.9 Å². The quantitative estimate of drug-likeness (QED) is 0.0591. The summed E-state index contributed by atoms with van der Waals surface area (Å²) in [7, 11) is -0.483. The molecule has 130 heavy (non-hydrogen) atoms. The van der Waals surface area contributed by atoms with E-state index >= 15 is 0 Å². The molecule has 1 aliphatic heterocycles. The van der Waals surface area contributed by atoms with Crippen molar-refractivity contribution in [2.45, 2.75) is 38.9 Å². The second-order valence-corrected chi connectivity index (χ2v) is 34.6. The van der Waals surface area contributed by atoms with Crippen LogP contribution in [0.2, 0.25) is 0 Å². The minimum absolute atomic E-state index is 0.395. The van der Waals surface area contributed by atoms with Gasteiger partial charge >= 0.3 is 7.12 Å².